The van der Waals surface area contributed by atoms with Gasteiger partial charge < -0.3 is 9.90 Å². The number of carbonyl (C=O) groups excluding carboxylic acids is 1. The van der Waals surface area contributed by atoms with E-state index in [1.807, 2.05) is 0 Å². The topological polar surface area (TPSA) is 60.4 Å². The van der Waals surface area contributed by atoms with Crippen molar-refractivity contribution in [1.29, 1.82) is 0 Å². The van der Waals surface area contributed by atoms with Crippen molar-refractivity contribution in [3.05, 3.63) is 35.9 Å². The van der Waals surface area contributed by atoms with Gasteiger partial charge in [-0.2, -0.15) is 0 Å². The van der Waals surface area contributed by atoms with Crippen molar-refractivity contribution >= 4 is 5.97 Å². The summed E-state index contributed by atoms with van der Waals surface area (Å²) in [5.74, 6) is -1.13. The molecule has 0 unspecified atom stereocenters. The Kier molecular flexibility index (Phi) is 12.1. The Bertz CT molecular complexity index is 215. The van der Waals surface area contributed by atoms with Gasteiger partial charge in [-0.1, -0.05) is 30.3 Å². The van der Waals surface area contributed by atoms with Gasteiger partial charge in [0.05, 0.1) is 5.97 Å². The van der Waals surface area contributed by atoms with Crippen molar-refractivity contribution in [1.82, 2.24) is 0 Å². The Morgan fingerprint density at radius 2 is 1.67 bits per heavy atom. The van der Waals surface area contributed by atoms with Gasteiger partial charge >= 0.3 is 59.1 Å². The van der Waals surface area contributed by atoms with Gasteiger partial charge in [0.1, 0.15) is 0 Å². The first-order chi connectivity index (χ1) is 5.30. The summed E-state index contributed by atoms with van der Waals surface area (Å²) in [5, 5.41) is 10.1. The Labute approximate surface area is 110 Å². The van der Waals surface area contributed by atoms with Crippen LogP contribution in [0.3, 0.4) is 0 Å². The molecule has 0 spiro atoms. The molecule has 1 rings (SSSR count). The number of carboxylic acids is 1. The van der Waals surface area contributed by atoms with Gasteiger partial charge in [-0.05, 0) is 5.56 Å². The molecule has 55 valence electrons. The Morgan fingerprint density at radius 1 is 1.25 bits per heavy atom. The molecule has 3 nitrogen and oxygen atoms in total. The molecule has 1 aromatic carbocycles. The summed E-state index contributed by atoms with van der Waals surface area (Å²) >= 11 is 0.0278. The third-order valence-corrected chi connectivity index (χ3v) is 1.01. The van der Waals surface area contributed by atoms with E-state index in [2.05, 4.69) is 0 Å². The minimum absolute atomic E-state index is 0. The van der Waals surface area contributed by atoms with Crippen molar-refractivity contribution in [3.63, 3.8) is 0 Å². The molecule has 5 heteroatoms. The van der Waals surface area contributed by atoms with Crippen LogP contribution in [0.15, 0.2) is 30.3 Å². The van der Waals surface area contributed by atoms with E-state index in [-0.39, 0.29) is 61.7 Å². The minimum atomic E-state index is -1.13. The zero-order valence-corrected chi connectivity index (χ0v) is 14.4. The van der Waals surface area contributed by atoms with Crippen LogP contribution in [0.1, 0.15) is 10.4 Å². The van der Waals surface area contributed by atoms with E-state index in [0.29, 0.717) is 0 Å². The number of benzene rings is 1. The van der Waals surface area contributed by atoms with Crippen molar-refractivity contribution in [2.45, 2.75) is 0 Å². The van der Waals surface area contributed by atoms with E-state index < -0.39 is 5.97 Å². The summed E-state index contributed by atoms with van der Waals surface area (Å²) in [5.41, 5.74) is 0.220. The molecule has 0 saturated heterocycles. The Morgan fingerprint density at radius 3 is 1.92 bits per heavy atom. The second-order valence-corrected chi connectivity index (χ2v) is 1.65. The zero-order chi connectivity index (χ0) is 8.69. The first-order valence-corrected chi connectivity index (χ1v) is 5.34. The first-order valence-electron chi connectivity index (χ1n) is 2.89. The molecule has 0 bridgehead atoms. The number of aromatic carboxylic acids is 1. The first kappa shape index (κ1) is 15.1. The van der Waals surface area contributed by atoms with E-state index in [4.69, 9.17) is 3.01 Å². The average molecular weight is 362 g/mol. The summed E-state index contributed by atoms with van der Waals surface area (Å²) in [6.07, 6.45) is 0. The van der Waals surface area contributed by atoms with E-state index in [0.717, 1.165) is 0 Å². The van der Waals surface area contributed by atoms with Gasteiger partial charge in [0.2, 0.25) is 0 Å². The molecule has 0 atom stereocenters. The molecule has 0 aliphatic rings. The van der Waals surface area contributed by atoms with Crippen molar-refractivity contribution in [2.24, 2.45) is 0 Å². The SMILES string of the molecule is O=C([O-])c1ccccc1.[Na+].[OH][Hg]. The third-order valence-electron chi connectivity index (χ3n) is 1.01. The molecule has 0 radical (unpaired) electrons. The van der Waals surface area contributed by atoms with Crippen LogP contribution in [0.2, 0.25) is 0 Å². The second kappa shape index (κ2) is 9.67. The standard InChI is InChI=1S/C7H6O2.Hg.Na.H2O/c8-7(9)6-4-2-1-3-5-6;;;/h1-5H,(H,8,9);;;1H2/q;2*+1;/p-2. The normalized spacial score (nSPS) is 7.25. The molecule has 0 heterocycles. The quantitative estimate of drug-likeness (QED) is 0.528. The van der Waals surface area contributed by atoms with Gasteiger partial charge in [-0.3, -0.25) is 0 Å². The predicted molar refractivity (Wildman–Crippen MR) is 33.0 cm³/mol. The van der Waals surface area contributed by atoms with E-state index in [1.165, 1.54) is 12.1 Å². The number of carbonyl (C=O) groups is 1. The number of hydrogen-bond donors (Lipinski definition) is 1. The molecule has 12 heavy (non-hydrogen) atoms. The molecule has 1 aromatic rings. The monoisotopic (exact) mass is 363 g/mol. The predicted octanol–water partition coefficient (Wildman–Crippen LogP) is -3.51. The zero-order valence-electron chi connectivity index (χ0n) is 6.86. The number of carboxylic acid groups (broad SMARTS) is 1. The van der Waals surface area contributed by atoms with Crippen molar-refractivity contribution in [2.75, 3.05) is 0 Å². The van der Waals surface area contributed by atoms with Gasteiger partial charge in [-0.25, -0.2) is 0 Å². The van der Waals surface area contributed by atoms with Gasteiger partial charge in [0, 0.05) is 0 Å². The maximum atomic E-state index is 10.1. The fraction of sp³-hybridized carbons (Fsp3) is 0. The van der Waals surface area contributed by atoms with Crippen LogP contribution in [-0.2, 0) is 26.6 Å². The van der Waals surface area contributed by atoms with Gasteiger partial charge in [0.25, 0.3) is 0 Å². The summed E-state index contributed by atoms with van der Waals surface area (Å²) in [6.45, 7) is 0. The molecule has 0 saturated carbocycles. The molecular formula is C7H6HgNaO3. The Balaban J connectivity index is 0. The van der Waals surface area contributed by atoms with Crippen LogP contribution in [0.5, 0.6) is 0 Å². The third kappa shape index (κ3) is 6.14. The van der Waals surface area contributed by atoms with Gasteiger partial charge in [-0.15, -0.1) is 0 Å². The summed E-state index contributed by atoms with van der Waals surface area (Å²) in [4.78, 5) is 10.1. The van der Waals surface area contributed by atoms with Crippen LogP contribution in [0.4, 0.5) is 0 Å². The average Bonchev–Trinajstić information content (AvgIpc) is 2.10. The molecule has 0 aromatic heterocycles. The number of hydrogen-bond acceptors (Lipinski definition) is 3. The summed E-state index contributed by atoms with van der Waals surface area (Å²) in [7, 11) is 0. The van der Waals surface area contributed by atoms with Crippen molar-refractivity contribution in [3.8, 4) is 0 Å². The fourth-order valence-corrected chi connectivity index (χ4v) is 0.574. The van der Waals surface area contributed by atoms with E-state index >= 15 is 0 Å². The molecular weight excluding hydrogens is 356 g/mol. The second-order valence-electron chi connectivity index (χ2n) is 1.65. The van der Waals surface area contributed by atoms with Crippen LogP contribution >= 0.6 is 0 Å². The molecule has 0 amide bonds. The maximum absolute atomic E-state index is 10.1. The van der Waals surface area contributed by atoms with Crippen LogP contribution in [-0.4, -0.2) is 8.98 Å². The van der Waals surface area contributed by atoms with Gasteiger partial charge in [0.15, 0.2) is 0 Å². The van der Waals surface area contributed by atoms with E-state index in [1.54, 1.807) is 18.2 Å². The van der Waals surface area contributed by atoms with E-state index in [9.17, 15) is 9.90 Å². The summed E-state index contributed by atoms with van der Waals surface area (Å²) in [6, 6.07) is 8.06. The van der Waals surface area contributed by atoms with Crippen LogP contribution in [0, 0.1) is 0 Å². The van der Waals surface area contributed by atoms with Crippen molar-refractivity contribution < 1.29 is 69.1 Å². The molecule has 0 fully saturated rings. The molecule has 0 aliphatic carbocycles. The van der Waals surface area contributed by atoms with Crippen LogP contribution < -0.4 is 34.7 Å². The molecule has 0 aliphatic heterocycles. The Hall–Kier alpha value is 0.585. The number of rotatable bonds is 1. The molecule has 1 N–H and O–H groups in total. The fourth-order valence-electron chi connectivity index (χ4n) is 0.574. The summed E-state index contributed by atoms with van der Waals surface area (Å²) < 4.78 is 7.19. The van der Waals surface area contributed by atoms with Crippen LogP contribution in [0.25, 0.3) is 0 Å².